The van der Waals surface area contributed by atoms with Crippen molar-refractivity contribution in [3.05, 3.63) is 16.1 Å². The first-order valence-corrected chi connectivity index (χ1v) is 6.52. The minimum atomic E-state index is 0.0630. The van der Waals surface area contributed by atoms with E-state index >= 15 is 0 Å². The van der Waals surface area contributed by atoms with Gasteiger partial charge in [0.15, 0.2) is 0 Å². The molecule has 4 heteroatoms. The van der Waals surface area contributed by atoms with Crippen LogP contribution < -0.4 is 11.1 Å². The van der Waals surface area contributed by atoms with Gasteiger partial charge in [-0.2, -0.15) is 0 Å². The van der Waals surface area contributed by atoms with Crippen molar-refractivity contribution in [3.8, 4) is 0 Å². The second-order valence-corrected chi connectivity index (χ2v) is 5.25. The Kier molecular flexibility index (Phi) is 3.38. The van der Waals surface area contributed by atoms with Crippen LogP contribution in [0.15, 0.2) is 5.38 Å². The summed E-state index contributed by atoms with van der Waals surface area (Å²) in [6.45, 7) is 5.12. The Morgan fingerprint density at radius 2 is 2.53 bits per heavy atom. The Labute approximate surface area is 95.1 Å². The summed E-state index contributed by atoms with van der Waals surface area (Å²) in [4.78, 5) is 4.49. The van der Waals surface area contributed by atoms with Crippen LogP contribution in [-0.2, 0) is 6.54 Å². The molecule has 3 nitrogen and oxygen atoms in total. The highest BCUT2D eigenvalue weighted by molar-refractivity contribution is 7.09. The number of hydrogen-bond donors (Lipinski definition) is 2. The lowest BCUT2D eigenvalue weighted by atomic mass is 10.3. The predicted octanol–water partition coefficient (Wildman–Crippen LogP) is 2.05. The van der Waals surface area contributed by atoms with Crippen molar-refractivity contribution in [1.82, 2.24) is 10.3 Å². The van der Waals surface area contributed by atoms with Crippen LogP contribution in [0.4, 0.5) is 0 Å². The molecule has 0 radical (unpaired) electrons. The lowest BCUT2D eigenvalue weighted by Crippen LogP contribution is -2.17. The summed E-state index contributed by atoms with van der Waals surface area (Å²) < 4.78 is 0. The first-order valence-electron chi connectivity index (χ1n) is 5.64. The molecule has 0 bridgehead atoms. The van der Waals surface area contributed by atoms with E-state index in [1.165, 1.54) is 12.8 Å². The maximum Gasteiger partial charge on any atom is 0.109 e. The zero-order valence-corrected chi connectivity index (χ0v) is 10.2. The van der Waals surface area contributed by atoms with Crippen molar-refractivity contribution in [2.24, 2.45) is 11.7 Å². The number of thiazole rings is 1. The minimum absolute atomic E-state index is 0.0630. The number of hydrogen-bond acceptors (Lipinski definition) is 4. The van der Waals surface area contributed by atoms with E-state index in [4.69, 9.17) is 5.73 Å². The number of rotatable bonds is 5. The molecule has 1 heterocycles. The summed E-state index contributed by atoms with van der Waals surface area (Å²) in [7, 11) is 0. The number of nitrogens with two attached hydrogens (primary N) is 1. The molecular weight excluding hydrogens is 206 g/mol. The van der Waals surface area contributed by atoms with Gasteiger partial charge >= 0.3 is 0 Å². The maximum absolute atomic E-state index is 5.77. The van der Waals surface area contributed by atoms with Crippen molar-refractivity contribution in [3.63, 3.8) is 0 Å². The zero-order valence-electron chi connectivity index (χ0n) is 9.36. The molecule has 0 spiro atoms. The zero-order chi connectivity index (χ0) is 10.8. The van der Waals surface area contributed by atoms with E-state index in [1.54, 1.807) is 11.3 Å². The summed E-state index contributed by atoms with van der Waals surface area (Å²) in [5.74, 6) is 0.900. The molecule has 0 aliphatic heterocycles. The van der Waals surface area contributed by atoms with Crippen molar-refractivity contribution in [2.45, 2.75) is 45.3 Å². The molecule has 1 saturated carbocycles. The Hall–Kier alpha value is -0.450. The third-order valence-electron chi connectivity index (χ3n) is 2.95. The highest BCUT2D eigenvalue weighted by Gasteiger charge is 2.34. The van der Waals surface area contributed by atoms with Crippen molar-refractivity contribution < 1.29 is 0 Å². The second kappa shape index (κ2) is 4.60. The average molecular weight is 225 g/mol. The minimum Gasteiger partial charge on any atom is -0.322 e. The first-order chi connectivity index (χ1) is 7.20. The van der Waals surface area contributed by atoms with Gasteiger partial charge in [0.1, 0.15) is 5.01 Å². The third-order valence-corrected chi connectivity index (χ3v) is 4.05. The summed E-state index contributed by atoms with van der Waals surface area (Å²) >= 11 is 1.66. The van der Waals surface area contributed by atoms with E-state index in [9.17, 15) is 0 Å². The molecule has 2 rings (SSSR count). The second-order valence-electron chi connectivity index (χ2n) is 4.36. The fraction of sp³-hybridized carbons (Fsp3) is 0.727. The van der Waals surface area contributed by atoms with Crippen LogP contribution in [-0.4, -0.2) is 11.0 Å². The highest BCUT2D eigenvalue weighted by atomic mass is 32.1. The molecule has 1 aromatic heterocycles. The topological polar surface area (TPSA) is 50.9 Å². The number of aromatic nitrogens is 1. The van der Waals surface area contributed by atoms with Gasteiger partial charge in [-0.3, -0.25) is 0 Å². The Bertz CT molecular complexity index is 321. The van der Waals surface area contributed by atoms with E-state index < -0.39 is 0 Å². The van der Waals surface area contributed by atoms with Gasteiger partial charge in [-0.1, -0.05) is 13.3 Å². The van der Waals surface area contributed by atoms with Crippen LogP contribution in [0.2, 0.25) is 0 Å². The van der Waals surface area contributed by atoms with E-state index in [2.05, 4.69) is 22.6 Å². The van der Waals surface area contributed by atoms with E-state index in [0.29, 0.717) is 0 Å². The van der Waals surface area contributed by atoms with Crippen molar-refractivity contribution in [1.29, 1.82) is 0 Å². The van der Waals surface area contributed by atoms with Crippen molar-refractivity contribution >= 4 is 11.3 Å². The molecule has 1 aromatic rings. The monoisotopic (exact) mass is 225 g/mol. The molecule has 0 saturated heterocycles. The average Bonchev–Trinajstić information content (AvgIpc) is 2.81. The van der Waals surface area contributed by atoms with Crippen LogP contribution in [0.1, 0.15) is 43.4 Å². The smallest absolute Gasteiger partial charge is 0.109 e. The molecule has 0 aromatic carbocycles. The van der Waals surface area contributed by atoms with Gasteiger partial charge in [-0.05, 0) is 19.3 Å². The van der Waals surface area contributed by atoms with Gasteiger partial charge in [-0.15, -0.1) is 11.3 Å². The lowest BCUT2D eigenvalue weighted by molar-refractivity contribution is 0.615. The molecule has 0 amide bonds. The molecule has 1 fully saturated rings. The summed E-state index contributed by atoms with van der Waals surface area (Å²) in [5.41, 5.74) is 6.90. The molecule has 15 heavy (non-hydrogen) atoms. The summed E-state index contributed by atoms with van der Waals surface area (Å²) in [6, 6.07) is 0.795. The van der Waals surface area contributed by atoms with Crippen LogP contribution in [0.25, 0.3) is 0 Å². The van der Waals surface area contributed by atoms with Gasteiger partial charge in [0.25, 0.3) is 0 Å². The third kappa shape index (κ3) is 2.77. The Balaban J connectivity index is 1.79. The molecule has 1 aliphatic rings. The maximum atomic E-state index is 5.77. The van der Waals surface area contributed by atoms with Gasteiger partial charge in [0.05, 0.1) is 11.7 Å². The molecule has 3 atom stereocenters. The lowest BCUT2D eigenvalue weighted by Gasteiger charge is -2.00. The highest BCUT2D eigenvalue weighted by Crippen LogP contribution is 2.33. The van der Waals surface area contributed by atoms with Crippen LogP contribution >= 0.6 is 11.3 Å². The standard InChI is InChI=1S/C11H19N3S/c1-3-8-4-10(8)13-5-9-6-15-11(14-9)7(2)12/h6-8,10,13H,3-5,12H2,1-2H3. The van der Waals surface area contributed by atoms with Gasteiger partial charge in [-0.25, -0.2) is 4.98 Å². The molecule has 1 aliphatic carbocycles. The molecule has 84 valence electrons. The van der Waals surface area contributed by atoms with Crippen LogP contribution in [0, 0.1) is 5.92 Å². The Morgan fingerprint density at radius 1 is 1.73 bits per heavy atom. The molecule has 3 unspecified atom stereocenters. The van der Waals surface area contributed by atoms with Gasteiger partial charge < -0.3 is 11.1 Å². The van der Waals surface area contributed by atoms with E-state index in [0.717, 1.165) is 29.2 Å². The van der Waals surface area contributed by atoms with Crippen LogP contribution in [0.5, 0.6) is 0 Å². The molecule has 3 N–H and O–H groups in total. The fourth-order valence-electron chi connectivity index (χ4n) is 1.80. The largest absolute Gasteiger partial charge is 0.322 e. The van der Waals surface area contributed by atoms with Gasteiger partial charge in [0, 0.05) is 18.0 Å². The van der Waals surface area contributed by atoms with Crippen LogP contribution in [0.3, 0.4) is 0 Å². The summed E-state index contributed by atoms with van der Waals surface area (Å²) in [6.07, 6.45) is 2.63. The Morgan fingerprint density at radius 3 is 3.07 bits per heavy atom. The number of nitrogens with one attached hydrogen (secondary N) is 1. The number of nitrogens with zero attached hydrogens (tertiary/aromatic N) is 1. The summed E-state index contributed by atoms with van der Waals surface area (Å²) in [5, 5.41) is 6.67. The SMILES string of the molecule is CCC1CC1NCc1csc(C(C)N)n1. The van der Waals surface area contributed by atoms with E-state index in [1.807, 2.05) is 6.92 Å². The molecular formula is C11H19N3S. The quantitative estimate of drug-likeness (QED) is 0.806. The predicted molar refractivity (Wildman–Crippen MR) is 63.7 cm³/mol. The fourth-order valence-corrected chi connectivity index (χ4v) is 2.57. The first kappa shape index (κ1) is 11.0. The normalized spacial score (nSPS) is 26.6. The van der Waals surface area contributed by atoms with Crippen molar-refractivity contribution in [2.75, 3.05) is 0 Å². The van der Waals surface area contributed by atoms with Gasteiger partial charge in [0.2, 0.25) is 0 Å². The van der Waals surface area contributed by atoms with E-state index in [-0.39, 0.29) is 6.04 Å².